The van der Waals surface area contributed by atoms with E-state index in [4.69, 9.17) is 0 Å². The highest BCUT2D eigenvalue weighted by Crippen LogP contribution is 2.40. The number of hydrogen-bond acceptors (Lipinski definition) is 3. The fraction of sp³-hybridized carbons (Fsp3) is 0.333. The molecule has 1 N–H and O–H groups in total. The number of rotatable bonds is 0. The Morgan fingerprint density at radius 1 is 1.32 bits per heavy atom. The molecule has 2 aromatic rings. The molecule has 1 fully saturated rings. The number of carbonyl (C=O) groups is 1. The van der Waals surface area contributed by atoms with Crippen molar-refractivity contribution in [1.29, 1.82) is 0 Å². The number of aromatic nitrogens is 1. The molecule has 1 unspecified atom stereocenters. The minimum atomic E-state index is 0.104. The van der Waals surface area contributed by atoms with Gasteiger partial charge in [0, 0.05) is 24.4 Å². The van der Waals surface area contributed by atoms with Crippen molar-refractivity contribution < 1.29 is 4.79 Å². The summed E-state index contributed by atoms with van der Waals surface area (Å²) in [6.45, 7) is 1.03. The molecule has 2 aliphatic rings. The van der Waals surface area contributed by atoms with E-state index in [0.29, 0.717) is 12.5 Å². The van der Waals surface area contributed by atoms with Crippen LogP contribution in [0.4, 0.5) is 11.4 Å². The second-order valence-corrected chi connectivity index (χ2v) is 5.28. The van der Waals surface area contributed by atoms with Crippen LogP contribution in [0.3, 0.4) is 0 Å². The van der Waals surface area contributed by atoms with E-state index in [0.717, 1.165) is 41.7 Å². The van der Waals surface area contributed by atoms with Crippen molar-refractivity contribution in [2.45, 2.75) is 25.3 Å². The number of amides is 1. The molecule has 19 heavy (non-hydrogen) atoms. The van der Waals surface area contributed by atoms with E-state index in [1.807, 2.05) is 18.2 Å². The minimum Gasteiger partial charge on any atom is -0.366 e. The van der Waals surface area contributed by atoms with Gasteiger partial charge in [0.2, 0.25) is 5.91 Å². The second-order valence-electron chi connectivity index (χ2n) is 5.28. The maximum Gasteiger partial charge on any atom is 0.226 e. The Labute approximate surface area is 111 Å². The van der Waals surface area contributed by atoms with Gasteiger partial charge in [0.15, 0.2) is 0 Å². The Bertz CT molecular complexity index is 667. The van der Waals surface area contributed by atoms with Crippen LogP contribution in [0, 0.1) is 0 Å². The quantitative estimate of drug-likeness (QED) is 0.784. The molecular weight excluding hydrogens is 238 g/mol. The first-order chi connectivity index (χ1) is 9.33. The normalized spacial score (nSPS) is 21.8. The molecule has 1 amide bonds. The van der Waals surface area contributed by atoms with Crippen LogP contribution < -0.4 is 10.2 Å². The van der Waals surface area contributed by atoms with Gasteiger partial charge >= 0.3 is 0 Å². The summed E-state index contributed by atoms with van der Waals surface area (Å²) in [6.07, 6.45) is 4.64. The molecule has 4 rings (SSSR count). The highest BCUT2D eigenvalue weighted by molar-refractivity contribution is 6.05. The van der Waals surface area contributed by atoms with Crippen molar-refractivity contribution in [3.8, 4) is 0 Å². The van der Waals surface area contributed by atoms with E-state index in [1.54, 1.807) is 6.20 Å². The first-order valence-electron chi connectivity index (χ1n) is 6.77. The van der Waals surface area contributed by atoms with E-state index in [9.17, 15) is 4.79 Å². The van der Waals surface area contributed by atoms with Gasteiger partial charge in [-0.1, -0.05) is 18.2 Å². The van der Waals surface area contributed by atoms with E-state index in [-0.39, 0.29) is 5.91 Å². The van der Waals surface area contributed by atoms with Crippen molar-refractivity contribution in [1.82, 2.24) is 4.98 Å². The van der Waals surface area contributed by atoms with E-state index >= 15 is 0 Å². The number of nitrogens with zero attached hydrogens (tertiary/aromatic N) is 2. The third kappa shape index (κ3) is 1.59. The van der Waals surface area contributed by atoms with Gasteiger partial charge in [0.05, 0.1) is 23.1 Å². The number of carbonyl (C=O) groups excluding carboxylic acids is 1. The first-order valence-corrected chi connectivity index (χ1v) is 6.77. The van der Waals surface area contributed by atoms with Crippen molar-refractivity contribution in [2.24, 2.45) is 0 Å². The van der Waals surface area contributed by atoms with Crippen molar-refractivity contribution in [2.75, 3.05) is 16.8 Å². The lowest BCUT2D eigenvalue weighted by Crippen LogP contribution is -2.29. The van der Waals surface area contributed by atoms with Gasteiger partial charge in [-0.2, -0.15) is 0 Å². The zero-order chi connectivity index (χ0) is 12.8. The fourth-order valence-electron chi connectivity index (χ4n) is 3.29. The Kier molecular flexibility index (Phi) is 2.24. The maximum absolute atomic E-state index is 12.0. The molecule has 0 spiro atoms. The third-order valence-corrected chi connectivity index (χ3v) is 4.11. The molecule has 1 aromatic heterocycles. The zero-order valence-corrected chi connectivity index (χ0v) is 10.6. The predicted octanol–water partition coefficient (Wildman–Crippen LogP) is 2.55. The highest BCUT2D eigenvalue weighted by Gasteiger charge is 2.32. The Balaban J connectivity index is 2.01. The molecule has 0 saturated carbocycles. The number of pyridine rings is 1. The van der Waals surface area contributed by atoms with Crippen LogP contribution in [0.1, 0.15) is 19.3 Å². The van der Waals surface area contributed by atoms with Crippen molar-refractivity contribution in [3.05, 3.63) is 30.5 Å². The van der Waals surface area contributed by atoms with Crippen molar-refractivity contribution in [3.63, 3.8) is 0 Å². The molecule has 2 aliphatic heterocycles. The van der Waals surface area contributed by atoms with Crippen LogP contribution in [0.2, 0.25) is 0 Å². The van der Waals surface area contributed by atoms with Crippen LogP contribution >= 0.6 is 0 Å². The predicted molar refractivity (Wildman–Crippen MR) is 75.4 cm³/mol. The van der Waals surface area contributed by atoms with Gasteiger partial charge in [0.1, 0.15) is 0 Å². The summed E-state index contributed by atoms with van der Waals surface area (Å²) in [5.41, 5.74) is 3.00. The van der Waals surface area contributed by atoms with Crippen LogP contribution in [-0.2, 0) is 4.79 Å². The lowest BCUT2D eigenvalue weighted by molar-refractivity contribution is -0.116. The summed E-state index contributed by atoms with van der Waals surface area (Å²) in [4.78, 5) is 18.8. The molecule has 0 bridgehead atoms. The monoisotopic (exact) mass is 253 g/mol. The summed E-state index contributed by atoms with van der Waals surface area (Å²) in [6, 6.07) is 8.48. The van der Waals surface area contributed by atoms with Gasteiger partial charge in [0.25, 0.3) is 0 Å². The second kappa shape index (κ2) is 3.95. The van der Waals surface area contributed by atoms with Crippen LogP contribution in [0.5, 0.6) is 0 Å². The molecule has 0 aliphatic carbocycles. The molecule has 4 nitrogen and oxygen atoms in total. The van der Waals surface area contributed by atoms with Gasteiger partial charge in [-0.25, -0.2) is 0 Å². The van der Waals surface area contributed by atoms with Gasteiger partial charge in [-0.15, -0.1) is 0 Å². The zero-order valence-electron chi connectivity index (χ0n) is 10.6. The van der Waals surface area contributed by atoms with E-state index in [2.05, 4.69) is 21.3 Å². The van der Waals surface area contributed by atoms with Gasteiger partial charge in [-0.05, 0) is 18.9 Å². The standard InChI is InChI=1S/C15H15N3O/c19-14-8-10-4-3-7-18(10)15-11-5-1-2-6-12(11)16-9-13(15)17-14/h1-2,5-6,9-10H,3-4,7-8H2,(H,17,19). The Morgan fingerprint density at radius 2 is 2.21 bits per heavy atom. The average molecular weight is 253 g/mol. The van der Waals surface area contributed by atoms with Gasteiger partial charge < -0.3 is 10.2 Å². The Morgan fingerprint density at radius 3 is 3.16 bits per heavy atom. The highest BCUT2D eigenvalue weighted by atomic mass is 16.1. The average Bonchev–Trinajstić information content (AvgIpc) is 2.81. The molecule has 1 atom stereocenters. The molecule has 1 saturated heterocycles. The lowest BCUT2D eigenvalue weighted by atomic mass is 10.1. The summed E-state index contributed by atoms with van der Waals surface area (Å²) < 4.78 is 0. The van der Waals surface area contributed by atoms with E-state index < -0.39 is 0 Å². The number of anilines is 2. The molecule has 1 aromatic carbocycles. The largest absolute Gasteiger partial charge is 0.366 e. The summed E-state index contributed by atoms with van der Waals surface area (Å²) in [7, 11) is 0. The topological polar surface area (TPSA) is 45.2 Å². The molecular formula is C15H15N3O. The lowest BCUT2D eigenvalue weighted by Gasteiger charge is -2.26. The fourth-order valence-corrected chi connectivity index (χ4v) is 3.29. The van der Waals surface area contributed by atoms with Crippen molar-refractivity contribution >= 4 is 28.2 Å². The molecule has 0 radical (unpaired) electrons. The smallest absolute Gasteiger partial charge is 0.226 e. The van der Waals surface area contributed by atoms with E-state index in [1.165, 1.54) is 0 Å². The maximum atomic E-state index is 12.0. The number of hydrogen-bond donors (Lipinski definition) is 1. The number of nitrogens with one attached hydrogen (secondary N) is 1. The number of fused-ring (bicyclic) bond motifs is 5. The molecule has 96 valence electrons. The Hall–Kier alpha value is -2.10. The van der Waals surface area contributed by atoms with Crippen LogP contribution in [0.15, 0.2) is 30.5 Å². The third-order valence-electron chi connectivity index (χ3n) is 4.11. The number of benzene rings is 1. The molecule has 3 heterocycles. The summed E-state index contributed by atoms with van der Waals surface area (Å²) in [5, 5.41) is 4.13. The summed E-state index contributed by atoms with van der Waals surface area (Å²) in [5.74, 6) is 0.104. The summed E-state index contributed by atoms with van der Waals surface area (Å²) >= 11 is 0. The van der Waals surface area contributed by atoms with Crippen LogP contribution in [-0.4, -0.2) is 23.5 Å². The minimum absolute atomic E-state index is 0.104. The van der Waals surface area contributed by atoms with Crippen LogP contribution in [0.25, 0.3) is 10.9 Å². The SMILES string of the molecule is O=C1CC2CCCN2c2c(cnc3ccccc23)N1. The molecule has 4 heteroatoms. The first kappa shape index (κ1) is 10.8. The van der Waals surface area contributed by atoms with Gasteiger partial charge in [-0.3, -0.25) is 9.78 Å². The number of para-hydroxylation sites is 1.